The molecule has 5 rings (SSSR count). The van der Waals surface area contributed by atoms with Crippen molar-refractivity contribution in [2.45, 2.75) is 50.0 Å². The van der Waals surface area contributed by atoms with E-state index in [1.165, 1.54) is 37.7 Å². The minimum Gasteiger partial charge on any atom is -0.390 e. The van der Waals surface area contributed by atoms with Crippen LogP contribution in [0.5, 0.6) is 0 Å². The van der Waals surface area contributed by atoms with Gasteiger partial charge in [0.05, 0.1) is 5.60 Å². The number of aliphatic hydroxyl groups is 1. The Morgan fingerprint density at radius 2 is 1.63 bits per heavy atom. The van der Waals surface area contributed by atoms with Crippen LogP contribution >= 0.6 is 15.9 Å². The van der Waals surface area contributed by atoms with Crippen LogP contribution in [0.2, 0.25) is 0 Å². The molecule has 3 unspecified atom stereocenters. The predicted octanol–water partition coefficient (Wildman–Crippen LogP) is 4.28. The van der Waals surface area contributed by atoms with E-state index in [1.807, 2.05) is 0 Å². The Kier molecular flexibility index (Phi) is 2.52. The lowest BCUT2D eigenvalue weighted by Gasteiger charge is -2.63. The molecule has 0 aliphatic heterocycles. The second kappa shape index (κ2) is 3.85. The maximum atomic E-state index is 10.8. The number of rotatable bonds is 1. The molecule has 1 aromatic carbocycles. The molecule has 4 aliphatic rings. The highest BCUT2D eigenvalue weighted by Crippen LogP contribution is 2.63. The van der Waals surface area contributed by atoms with Crippen molar-refractivity contribution < 1.29 is 5.11 Å². The molecule has 0 saturated heterocycles. The molecular weight excluding hydrogens is 300 g/mol. The third-order valence-corrected chi connectivity index (χ3v) is 6.83. The Labute approximate surface area is 123 Å². The molecule has 1 aromatic rings. The van der Waals surface area contributed by atoms with Crippen LogP contribution in [0, 0.1) is 17.8 Å². The second-order valence-electron chi connectivity index (χ2n) is 7.36. The lowest BCUT2D eigenvalue weighted by Crippen LogP contribution is -2.61. The van der Waals surface area contributed by atoms with E-state index in [-0.39, 0.29) is 0 Å². The number of benzene rings is 1. The summed E-state index contributed by atoms with van der Waals surface area (Å²) in [4.78, 5) is 0. The second-order valence-corrected chi connectivity index (χ2v) is 8.27. The summed E-state index contributed by atoms with van der Waals surface area (Å²) in [5.41, 5.74) is 1.46. The Hall–Kier alpha value is -0.340. The predicted molar refractivity (Wildman–Crippen MR) is 80.0 cm³/mol. The molecule has 19 heavy (non-hydrogen) atoms. The summed E-state index contributed by atoms with van der Waals surface area (Å²) >= 11 is 3.53. The number of halogens is 1. The van der Waals surface area contributed by atoms with Crippen LogP contribution in [-0.4, -0.2) is 10.7 Å². The molecule has 0 aromatic heterocycles. The summed E-state index contributed by atoms with van der Waals surface area (Å²) in [5.74, 6) is 1.88. The fourth-order valence-electron chi connectivity index (χ4n) is 5.36. The molecule has 4 fully saturated rings. The summed E-state index contributed by atoms with van der Waals surface area (Å²) < 4.78 is 1.16. The zero-order valence-corrected chi connectivity index (χ0v) is 13.0. The van der Waals surface area contributed by atoms with Gasteiger partial charge in [-0.2, -0.15) is 0 Å². The minimum absolute atomic E-state index is 0.361. The maximum Gasteiger partial charge on any atom is 0.0676 e. The van der Waals surface area contributed by atoms with Crippen molar-refractivity contribution in [3.63, 3.8) is 0 Å². The van der Waals surface area contributed by atoms with Crippen LogP contribution in [0.1, 0.15) is 44.6 Å². The van der Waals surface area contributed by atoms with Gasteiger partial charge in [0, 0.05) is 4.47 Å². The van der Waals surface area contributed by atoms with Crippen LogP contribution < -0.4 is 0 Å². The van der Waals surface area contributed by atoms with E-state index in [0.717, 1.165) is 10.4 Å². The summed E-state index contributed by atoms with van der Waals surface area (Å²) in [6.07, 6.45) is 6.23. The number of hydrogen-bond acceptors (Lipinski definition) is 1. The molecule has 4 aliphatic carbocycles. The normalized spacial score (nSPS) is 47.6. The van der Waals surface area contributed by atoms with Gasteiger partial charge in [-0.25, -0.2) is 0 Å². The zero-order valence-electron chi connectivity index (χ0n) is 11.4. The van der Waals surface area contributed by atoms with Crippen molar-refractivity contribution in [3.8, 4) is 0 Å². The van der Waals surface area contributed by atoms with Crippen molar-refractivity contribution in [1.82, 2.24) is 0 Å². The van der Waals surface area contributed by atoms with E-state index in [0.29, 0.717) is 17.3 Å². The monoisotopic (exact) mass is 320 g/mol. The minimum atomic E-state index is -0.407. The molecule has 0 heterocycles. The van der Waals surface area contributed by atoms with Crippen molar-refractivity contribution in [1.29, 1.82) is 0 Å². The first kappa shape index (κ1) is 12.4. The Morgan fingerprint density at radius 1 is 1.05 bits per heavy atom. The Morgan fingerprint density at radius 3 is 2.21 bits per heavy atom. The van der Waals surface area contributed by atoms with E-state index in [1.54, 1.807) is 0 Å². The van der Waals surface area contributed by atoms with Crippen LogP contribution in [0.15, 0.2) is 28.7 Å². The van der Waals surface area contributed by atoms with Gasteiger partial charge in [-0.3, -0.25) is 0 Å². The van der Waals surface area contributed by atoms with Crippen LogP contribution in [0.4, 0.5) is 0 Å². The van der Waals surface area contributed by atoms with Crippen LogP contribution in [0.25, 0.3) is 0 Å². The van der Waals surface area contributed by atoms with Crippen molar-refractivity contribution in [2.75, 3.05) is 0 Å². The van der Waals surface area contributed by atoms with Gasteiger partial charge in [0.15, 0.2) is 0 Å². The van der Waals surface area contributed by atoms with Crippen molar-refractivity contribution in [2.24, 2.45) is 17.8 Å². The van der Waals surface area contributed by atoms with Gasteiger partial charge in [0.1, 0.15) is 0 Å². The van der Waals surface area contributed by atoms with Gasteiger partial charge >= 0.3 is 0 Å². The molecule has 0 amide bonds. The smallest absolute Gasteiger partial charge is 0.0676 e. The van der Waals surface area contributed by atoms with Gasteiger partial charge in [0.2, 0.25) is 0 Å². The van der Waals surface area contributed by atoms with Crippen molar-refractivity contribution >= 4 is 15.9 Å². The van der Waals surface area contributed by atoms with Crippen LogP contribution in [0.3, 0.4) is 0 Å². The first-order chi connectivity index (χ1) is 8.99. The summed E-state index contributed by atoms with van der Waals surface area (Å²) in [6.45, 7) is 2.09. The molecule has 5 atom stereocenters. The topological polar surface area (TPSA) is 20.2 Å². The molecule has 1 nitrogen and oxygen atoms in total. The zero-order chi connectivity index (χ0) is 13.3. The maximum absolute atomic E-state index is 10.8. The fraction of sp³-hybridized carbons (Fsp3) is 0.647. The lowest BCUT2D eigenvalue weighted by atomic mass is 9.43. The SMILES string of the molecule is CC1(O)[C@@H]2CC3C[C@H]1CC(c1ccc(Br)cc1)(C3)C2. The van der Waals surface area contributed by atoms with Crippen molar-refractivity contribution in [3.05, 3.63) is 34.3 Å². The van der Waals surface area contributed by atoms with Gasteiger partial charge in [-0.15, -0.1) is 0 Å². The summed E-state index contributed by atoms with van der Waals surface area (Å²) in [6, 6.07) is 8.94. The van der Waals surface area contributed by atoms with Gasteiger partial charge in [0.25, 0.3) is 0 Å². The van der Waals surface area contributed by atoms with E-state index >= 15 is 0 Å². The average molecular weight is 321 g/mol. The highest BCUT2D eigenvalue weighted by molar-refractivity contribution is 9.10. The quantitative estimate of drug-likeness (QED) is 0.819. The largest absolute Gasteiger partial charge is 0.390 e. The van der Waals surface area contributed by atoms with E-state index < -0.39 is 5.60 Å². The van der Waals surface area contributed by atoms with E-state index in [4.69, 9.17) is 0 Å². The molecular formula is C17H21BrO. The molecule has 1 N–H and O–H groups in total. The highest BCUT2D eigenvalue weighted by atomic mass is 79.9. The average Bonchev–Trinajstić information content (AvgIpc) is 2.36. The third-order valence-electron chi connectivity index (χ3n) is 6.30. The Balaban J connectivity index is 1.75. The van der Waals surface area contributed by atoms with E-state index in [2.05, 4.69) is 47.1 Å². The molecule has 0 spiro atoms. The fourth-order valence-corrected chi connectivity index (χ4v) is 5.63. The standard InChI is InChI=1S/C17H21BrO/c1-16(19)13-6-11-7-14(16)10-17(8-11,9-13)12-2-4-15(18)5-3-12/h2-5,11,13-14,19H,6-10H2,1H3/t11?,13-,14+,16?,17?. The first-order valence-electron chi connectivity index (χ1n) is 7.48. The third kappa shape index (κ3) is 1.69. The van der Waals surface area contributed by atoms with Gasteiger partial charge in [-0.05, 0) is 79.9 Å². The lowest BCUT2D eigenvalue weighted by molar-refractivity contribution is -0.170. The number of hydrogen-bond donors (Lipinski definition) is 1. The molecule has 4 saturated carbocycles. The molecule has 102 valence electrons. The Bertz CT molecular complexity index is 486. The first-order valence-corrected chi connectivity index (χ1v) is 8.27. The molecule has 2 heteroatoms. The highest BCUT2D eigenvalue weighted by Gasteiger charge is 2.60. The molecule has 4 bridgehead atoms. The molecule has 0 radical (unpaired) electrons. The van der Waals surface area contributed by atoms with Gasteiger partial charge in [-0.1, -0.05) is 28.1 Å². The summed E-state index contributed by atoms with van der Waals surface area (Å²) in [7, 11) is 0. The van der Waals surface area contributed by atoms with Gasteiger partial charge < -0.3 is 5.11 Å². The van der Waals surface area contributed by atoms with Crippen LogP contribution in [-0.2, 0) is 5.41 Å². The summed E-state index contributed by atoms with van der Waals surface area (Å²) in [5, 5.41) is 10.8. The van der Waals surface area contributed by atoms with E-state index in [9.17, 15) is 5.11 Å².